The van der Waals surface area contributed by atoms with Gasteiger partial charge in [-0.25, -0.2) is 24.9 Å². The van der Waals surface area contributed by atoms with Gasteiger partial charge in [-0.3, -0.25) is 0 Å². The average molecular weight is 641 g/mol. The highest BCUT2D eigenvalue weighted by atomic mass is 15.0. The summed E-state index contributed by atoms with van der Waals surface area (Å²) in [5.74, 6) is 2.38. The molecule has 0 atom stereocenters. The summed E-state index contributed by atoms with van der Waals surface area (Å²) < 4.78 is 0. The molecule has 0 amide bonds. The van der Waals surface area contributed by atoms with E-state index in [2.05, 4.69) is 54.6 Å². The van der Waals surface area contributed by atoms with Crippen molar-refractivity contribution in [1.82, 2.24) is 24.9 Å². The standard InChI is InChI=1S/C44H28N6/c45-29-30-19-21-36(22-20-30)43-48-42(35-15-8-3-9-16-35)49-44(50-43)38-18-10-17-37(27-38)31-23-25-33(26-24-31)40-28-39(32-11-4-1-5-12-32)46-41(47-40)34-13-6-2-7-14-34/h1-28H. The molecule has 0 fully saturated rings. The highest BCUT2D eigenvalue weighted by molar-refractivity contribution is 5.76. The Hall–Kier alpha value is -7.10. The van der Waals surface area contributed by atoms with E-state index in [0.717, 1.165) is 55.9 Å². The molecule has 0 aliphatic rings. The molecule has 8 rings (SSSR count). The van der Waals surface area contributed by atoms with Gasteiger partial charge in [0.2, 0.25) is 0 Å². The van der Waals surface area contributed by atoms with Gasteiger partial charge in [-0.15, -0.1) is 0 Å². The number of hydrogen-bond donors (Lipinski definition) is 0. The zero-order chi connectivity index (χ0) is 33.7. The smallest absolute Gasteiger partial charge is 0.164 e. The van der Waals surface area contributed by atoms with Gasteiger partial charge in [-0.05, 0) is 47.5 Å². The third-order valence-electron chi connectivity index (χ3n) is 8.40. The Morgan fingerprint density at radius 2 is 0.680 bits per heavy atom. The summed E-state index contributed by atoms with van der Waals surface area (Å²) in [4.78, 5) is 24.5. The van der Waals surface area contributed by atoms with E-state index >= 15 is 0 Å². The fraction of sp³-hybridized carbons (Fsp3) is 0. The highest BCUT2D eigenvalue weighted by Gasteiger charge is 2.14. The van der Waals surface area contributed by atoms with Crippen molar-refractivity contribution in [3.63, 3.8) is 0 Å². The van der Waals surface area contributed by atoms with Gasteiger partial charge in [-0.2, -0.15) is 5.26 Å². The van der Waals surface area contributed by atoms with Crippen LogP contribution >= 0.6 is 0 Å². The highest BCUT2D eigenvalue weighted by Crippen LogP contribution is 2.31. The third kappa shape index (κ3) is 6.40. The van der Waals surface area contributed by atoms with Gasteiger partial charge in [-0.1, -0.05) is 133 Å². The first-order valence-electron chi connectivity index (χ1n) is 16.2. The van der Waals surface area contributed by atoms with Crippen molar-refractivity contribution in [2.45, 2.75) is 0 Å². The van der Waals surface area contributed by atoms with Crippen LogP contribution in [0.25, 0.3) is 79.2 Å². The first kappa shape index (κ1) is 30.2. The maximum atomic E-state index is 9.29. The molecular formula is C44H28N6. The van der Waals surface area contributed by atoms with Gasteiger partial charge in [0.25, 0.3) is 0 Å². The fourth-order valence-corrected chi connectivity index (χ4v) is 5.78. The average Bonchev–Trinajstić information content (AvgIpc) is 3.21. The van der Waals surface area contributed by atoms with Crippen molar-refractivity contribution in [3.8, 4) is 85.3 Å². The maximum absolute atomic E-state index is 9.29. The zero-order valence-corrected chi connectivity index (χ0v) is 26.8. The zero-order valence-electron chi connectivity index (χ0n) is 26.8. The molecule has 0 unspecified atom stereocenters. The Morgan fingerprint density at radius 1 is 0.300 bits per heavy atom. The fourth-order valence-electron chi connectivity index (χ4n) is 5.78. The predicted octanol–water partition coefficient (Wildman–Crippen LogP) is 10.2. The second-order valence-corrected chi connectivity index (χ2v) is 11.7. The van der Waals surface area contributed by atoms with E-state index < -0.39 is 0 Å². The predicted molar refractivity (Wildman–Crippen MR) is 198 cm³/mol. The van der Waals surface area contributed by atoms with Gasteiger partial charge in [0.15, 0.2) is 23.3 Å². The summed E-state index contributed by atoms with van der Waals surface area (Å²) in [5, 5.41) is 9.29. The van der Waals surface area contributed by atoms with Crippen LogP contribution in [0.2, 0.25) is 0 Å². The molecule has 6 heteroatoms. The Bertz CT molecular complexity index is 2400. The molecule has 0 saturated carbocycles. The molecule has 2 heterocycles. The number of nitriles is 1. The van der Waals surface area contributed by atoms with Crippen molar-refractivity contribution in [1.29, 1.82) is 5.26 Å². The molecule has 8 aromatic rings. The van der Waals surface area contributed by atoms with Crippen molar-refractivity contribution < 1.29 is 0 Å². The number of hydrogen-bond acceptors (Lipinski definition) is 6. The lowest BCUT2D eigenvalue weighted by Crippen LogP contribution is -2.00. The monoisotopic (exact) mass is 640 g/mol. The number of rotatable bonds is 7. The molecule has 0 aliphatic heterocycles. The van der Waals surface area contributed by atoms with E-state index in [1.165, 1.54) is 0 Å². The molecule has 0 spiro atoms. The minimum atomic E-state index is 0.544. The van der Waals surface area contributed by atoms with Gasteiger partial charge < -0.3 is 0 Å². The Balaban J connectivity index is 1.16. The first-order valence-corrected chi connectivity index (χ1v) is 16.2. The largest absolute Gasteiger partial charge is 0.228 e. The summed E-state index contributed by atoms with van der Waals surface area (Å²) in [6.45, 7) is 0. The minimum absolute atomic E-state index is 0.544. The maximum Gasteiger partial charge on any atom is 0.164 e. The second-order valence-electron chi connectivity index (χ2n) is 11.7. The van der Waals surface area contributed by atoms with Crippen LogP contribution in [0.1, 0.15) is 5.56 Å². The van der Waals surface area contributed by atoms with Crippen molar-refractivity contribution in [2.75, 3.05) is 0 Å². The van der Waals surface area contributed by atoms with E-state index in [9.17, 15) is 5.26 Å². The van der Waals surface area contributed by atoms with E-state index in [1.54, 1.807) is 12.1 Å². The third-order valence-corrected chi connectivity index (χ3v) is 8.40. The van der Waals surface area contributed by atoms with Gasteiger partial charge in [0.05, 0.1) is 23.0 Å². The lowest BCUT2D eigenvalue weighted by Gasteiger charge is -2.11. The Morgan fingerprint density at radius 3 is 1.22 bits per heavy atom. The van der Waals surface area contributed by atoms with Crippen LogP contribution < -0.4 is 0 Å². The lowest BCUT2D eigenvalue weighted by atomic mass is 10.00. The Labute approximate surface area is 290 Å². The summed E-state index contributed by atoms with van der Waals surface area (Å²) in [6.07, 6.45) is 0. The number of aromatic nitrogens is 5. The Kier molecular flexibility index (Phi) is 8.20. The van der Waals surface area contributed by atoms with Gasteiger partial charge in [0.1, 0.15) is 0 Å². The summed E-state index contributed by atoms with van der Waals surface area (Å²) >= 11 is 0. The topological polar surface area (TPSA) is 88.2 Å². The quantitative estimate of drug-likeness (QED) is 0.172. The molecule has 234 valence electrons. The molecule has 0 radical (unpaired) electrons. The first-order chi connectivity index (χ1) is 24.7. The van der Waals surface area contributed by atoms with E-state index in [4.69, 9.17) is 24.9 Å². The molecule has 0 bridgehead atoms. The van der Waals surface area contributed by atoms with Crippen molar-refractivity contribution >= 4 is 0 Å². The van der Waals surface area contributed by atoms with Crippen LogP contribution in [0.15, 0.2) is 170 Å². The lowest BCUT2D eigenvalue weighted by molar-refractivity contribution is 1.07. The minimum Gasteiger partial charge on any atom is -0.228 e. The summed E-state index contributed by atoms with van der Waals surface area (Å²) in [5.41, 5.74) is 9.99. The van der Waals surface area contributed by atoms with Crippen LogP contribution in [0.5, 0.6) is 0 Å². The molecule has 0 aliphatic carbocycles. The molecule has 2 aromatic heterocycles. The van der Waals surface area contributed by atoms with Crippen molar-refractivity contribution in [3.05, 3.63) is 175 Å². The van der Waals surface area contributed by atoms with Crippen LogP contribution in [-0.4, -0.2) is 24.9 Å². The van der Waals surface area contributed by atoms with Crippen molar-refractivity contribution in [2.24, 2.45) is 0 Å². The van der Waals surface area contributed by atoms with E-state index in [1.807, 2.05) is 109 Å². The molecule has 0 saturated heterocycles. The van der Waals surface area contributed by atoms with E-state index in [-0.39, 0.29) is 0 Å². The van der Waals surface area contributed by atoms with Crippen LogP contribution in [-0.2, 0) is 0 Å². The van der Waals surface area contributed by atoms with Crippen LogP contribution in [0, 0.1) is 11.3 Å². The summed E-state index contributed by atoms with van der Waals surface area (Å²) in [6, 6.07) is 58.3. The van der Waals surface area contributed by atoms with Gasteiger partial charge >= 0.3 is 0 Å². The van der Waals surface area contributed by atoms with Crippen LogP contribution in [0.3, 0.4) is 0 Å². The SMILES string of the molecule is N#Cc1ccc(-c2nc(-c3ccccc3)nc(-c3cccc(-c4ccc(-c5cc(-c6ccccc6)nc(-c6ccccc6)n5)cc4)c3)n2)cc1. The molecule has 0 N–H and O–H groups in total. The van der Waals surface area contributed by atoms with Gasteiger partial charge in [0, 0.05) is 33.4 Å². The number of benzene rings is 6. The molecule has 6 nitrogen and oxygen atoms in total. The van der Waals surface area contributed by atoms with Crippen LogP contribution in [0.4, 0.5) is 0 Å². The van der Waals surface area contributed by atoms with E-state index in [0.29, 0.717) is 28.9 Å². The molecular weight excluding hydrogens is 613 g/mol. The second kappa shape index (κ2) is 13.6. The number of nitrogens with zero attached hydrogens (tertiary/aromatic N) is 6. The summed E-state index contributed by atoms with van der Waals surface area (Å²) in [7, 11) is 0. The molecule has 6 aromatic carbocycles. The normalized spacial score (nSPS) is 10.8. The molecule has 50 heavy (non-hydrogen) atoms.